The fraction of sp³-hybridized carbons (Fsp3) is 0. The van der Waals surface area contributed by atoms with E-state index < -0.39 is 9.84 Å². The number of benzene rings is 2. The van der Waals surface area contributed by atoms with Crippen LogP contribution in [0.2, 0.25) is 10.0 Å². The fourth-order valence-electron chi connectivity index (χ4n) is 2.22. The number of hydrogen-bond donors (Lipinski definition) is 0. The largest absolute Gasteiger partial charge is 0.312 e. The molecule has 2 aromatic carbocycles. The van der Waals surface area contributed by atoms with Crippen LogP contribution in [0.1, 0.15) is 0 Å². The van der Waals surface area contributed by atoms with Crippen molar-refractivity contribution < 1.29 is 8.42 Å². The van der Waals surface area contributed by atoms with E-state index >= 15 is 0 Å². The molecule has 7 heteroatoms. The summed E-state index contributed by atoms with van der Waals surface area (Å²) in [4.78, 5) is 1.24. The molecule has 22 heavy (non-hydrogen) atoms. The number of hydrogen-bond acceptors (Lipinski definition) is 4. The number of nitriles is 1. The maximum atomic E-state index is 12.4. The average molecular weight is 351 g/mol. The van der Waals surface area contributed by atoms with E-state index in [0.717, 1.165) is 0 Å². The van der Waals surface area contributed by atoms with Crippen LogP contribution in [-0.2, 0) is 9.84 Å². The summed E-state index contributed by atoms with van der Waals surface area (Å²) in [5, 5.41) is 9.98. The van der Waals surface area contributed by atoms with Crippen LogP contribution in [0, 0.1) is 11.3 Å². The summed E-state index contributed by atoms with van der Waals surface area (Å²) in [5.41, 5.74) is 0.926. The molecular weight excluding hydrogens is 343 g/mol. The third-order valence-electron chi connectivity index (χ3n) is 3.23. The molecule has 1 aliphatic heterocycles. The van der Waals surface area contributed by atoms with Gasteiger partial charge in [0.1, 0.15) is 6.07 Å². The first-order valence-corrected chi connectivity index (χ1v) is 8.39. The number of sulfone groups is 1. The van der Waals surface area contributed by atoms with E-state index in [9.17, 15) is 8.42 Å². The highest BCUT2D eigenvalue weighted by atomic mass is 35.5. The van der Waals surface area contributed by atoms with Crippen LogP contribution >= 0.6 is 23.2 Å². The molecule has 0 spiro atoms. The smallest absolute Gasteiger partial charge is 0.220 e. The molecule has 4 nitrogen and oxygen atoms in total. The Kier molecular flexibility index (Phi) is 3.61. The Hall–Kier alpha value is -2.00. The maximum absolute atomic E-state index is 12.4. The molecule has 0 aliphatic carbocycles. The number of halogens is 2. The predicted octanol–water partition coefficient (Wildman–Crippen LogP) is 4.28. The summed E-state index contributed by atoms with van der Waals surface area (Å²) in [6.45, 7) is 0. The molecule has 0 saturated carbocycles. The summed E-state index contributed by atoms with van der Waals surface area (Å²) in [7, 11) is -3.85. The molecular formula is C15H8Cl2N2O2S. The molecule has 0 N–H and O–H groups in total. The zero-order valence-corrected chi connectivity index (χ0v) is 13.3. The van der Waals surface area contributed by atoms with Gasteiger partial charge >= 0.3 is 0 Å². The first kappa shape index (κ1) is 14.9. The number of anilines is 2. The third kappa shape index (κ3) is 2.26. The van der Waals surface area contributed by atoms with Crippen LogP contribution in [-0.4, -0.2) is 8.42 Å². The molecule has 0 amide bonds. The van der Waals surface area contributed by atoms with Crippen molar-refractivity contribution in [2.45, 2.75) is 4.90 Å². The number of allylic oxidation sites excluding steroid dienone is 1. The Morgan fingerprint density at radius 3 is 2.45 bits per heavy atom. The van der Waals surface area contributed by atoms with Crippen molar-refractivity contribution >= 4 is 44.4 Å². The van der Waals surface area contributed by atoms with Crippen molar-refractivity contribution in [1.29, 1.82) is 5.26 Å². The summed E-state index contributed by atoms with van der Waals surface area (Å²) in [6.07, 6.45) is 1.26. The van der Waals surface area contributed by atoms with Gasteiger partial charge in [0, 0.05) is 11.2 Å². The van der Waals surface area contributed by atoms with Gasteiger partial charge in [-0.25, -0.2) is 8.42 Å². The van der Waals surface area contributed by atoms with Gasteiger partial charge in [-0.15, -0.1) is 0 Å². The van der Waals surface area contributed by atoms with Crippen LogP contribution in [0.25, 0.3) is 0 Å². The first-order chi connectivity index (χ1) is 10.4. The van der Waals surface area contributed by atoms with Gasteiger partial charge in [0.25, 0.3) is 0 Å². The van der Waals surface area contributed by atoms with E-state index in [4.69, 9.17) is 28.5 Å². The summed E-state index contributed by atoms with van der Waals surface area (Å²) >= 11 is 12.2. The van der Waals surface area contributed by atoms with Gasteiger partial charge in [-0.3, -0.25) is 0 Å². The van der Waals surface area contributed by atoms with Crippen LogP contribution < -0.4 is 4.90 Å². The second-order valence-corrected chi connectivity index (χ2v) is 7.27. The number of rotatable bonds is 1. The van der Waals surface area contributed by atoms with Crippen molar-refractivity contribution in [1.82, 2.24) is 0 Å². The van der Waals surface area contributed by atoms with Gasteiger partial charge < -0.3 is 4.90 Å². The zero-order chi connectivity index (χ0) is 15.9. The zero-order valence-electron chi connectivity index (χ0n) is 11.0. The summed E-state index contributed by atoms with van der Waals surface area (Å²) < 4.78 is 24.8. The summed E-state index contributed by atoms with van der Waals surface area (Å²) in [6, 6.07) is 13.1. The molecule has 110 valence electrons. The Labute approximate surface area is 137 Å². The second-order valence-electron chi connectivity index (χ2n) is 4.54. The molecule has 0 atom stereocenters. The van der Waals surface area contributed by atoms with E-state index in [1.807, 2.05) is 0 Å². The normalized spacial score (nSPS) is 15.7. The van der Waals surface area contributed by atoms with Crippen molar-refractivity contribution in [2.75, 3.05) is 4.90 Å². The topological polar surface area (TPSA) is 61.2 Å². The minimum atomic E-state index is -3.85. The number of para-hydroxylation sites is 1. The Bertz CT molecular complexity index is 946. The van der Waals surface area contributed by atoms with Crippen LogP contribution in [0.3, 0.4) is 0 Å². The highest BCUT2D eigenvalue weighted by Crippen LogP contribution is 2.42. The molecule has 0 fully saturated rings. The fourth-order valence-corrected chi connectivity index (χ4v) is 3.89. The quantitative estimate of drug-likeness (QED) is 0.769. The lowest BCUT2D eigenvalue weighted by Crippen LogP contribution is -2.21. The molecule has 0 radical (unpaired) electrons. The highest BCUT2D eigenvalue weighted by molar-refractivity contribution is 7.95. The highest BCUT2D eigenvalue weighted by Gasteiger charge is 2.32. The molecule has 3 rings (SSSR count). The van der Waals surface area contributed by atoms with Crippen molar-refractivity contribution in [3.8, 4) is 6.07 Å². The van der Waals surface area contributed by atoms with Gasteiger partial charge in [-0.2, -0.15) is 5.26 Å². The lowest BCUT2D eigenvalue weighted by molar-refractivity contribution is 0.602. The van der Waals surface area contributed by atoms with E-state index in [-0.39, 0.29) is 9.80 Å². The third-order valence-corrected chi connectivity index (χ3v) is 5.48. The molecule has 0 unspecified atom stereocenters. The predicted molar refractivity (Wildman–Crippen MR) is 85.9 cm³/mol. The Balaban J connectivity index is 2.35. The molecule has 0 aromatic heterocycles. The standard InChI is InChI=1S/C15H8Cl2N2O2S/c16-10-5-6-15-14(7-10)19(9-11(8-18)22(15,20)21)13-4-2-1-3-12(13)17/h1-7,9H. The Morgan fingerprint density at radius 1 is 1.05 bits per heavy atom. The van der Waals surface area contributed by atoms with E-state index in [2.05, 4.69) is 0 Å². The van der Waals surface area contributed by atoms with Gasteiger partial charge in [0.15, 0.2) is 4.91 Å². The first-order valence-electron chi connectivity index (χ1n) is 6.15. The van der Waals surface area contributed by atoms with Gasteiger partial charge in [0.05, 0.1) is 21.3 Å². The van der Waals surface area contributed by atoms with E-state index in [1.165, 1.54) is 24.4 Å². The van der Waals surface area contributed by atoms with Crippen LogP contribution in [0.5, 0.6) is 0 Å². The Morgan fingerprint density at radius 2 is 1.77 bits per heavy atom. The van der Waals surface area contributed by atoms with Gasteiger partial charge in [-0.05, 0) is 30.3 Å². The SMILES string of the molecule is N#CC1=CN(c2ccccc2Cl)c2cc(Cl)ccc2S1(=O)=O. The van der Waals surface area contributed by atoms with Crippen molar-refractivity contribution in [2.24, 2.45) is 0 Å². The van der Waals surface area contributed by atoms with E-state index in [1.54, 1.807) is 35.2 Å². The maximum Gasteiger partial charge on any atom is 0.220 e. The molecule has 1 aliphatic rings. The summed E-state index contributed by atoms with van der Waals surface area (Å²) in [5.74, 6) is 0. The van der Waals surface area contributed by atoms with E-state index in [0.29, 0.717) is 21.4 Å². The molecule has 0 saturated heterocycles. The van der Waals surface area contributed by atoms with Gasteiger partial charge in [-0.1, -0.05) is 35.3 Å². The van der Waals surface area contributed by atoms with Crippen LogP contribution in [0.4, 0.5) is 11.4 Å². The molecule has 0 bridgehead atoms. The lowest BCUT2D eigenvalue weighted by atomic mass is 10.2. The van der Waals surface area contributed by atoms with Crippen molar-refractivity contribution in [3.05, 3.63) is 63.6 Å². The van der Waals surface area contributed by atoms with Gasteiger partial charge in [0.2, 0.25) is 9.84 Å². The number of fused-ring (bicyclic) bond motifs is 1. The average Bonchev–Trinajstić information content (AvgIpc) is 2.48. The molecule has 2 aromatic rings. The lowest BCUT2D eigenvalue weighted by Gasteiger charge is -2.28. The minimum absolute atomic E-state index is 0.0240. The molecule has 1 heterocycles. The number of nitrogens with zero attached hydrogens (tertiary/aromatic N) is 2. The second kappa shape index (κ2) is 5.33. The van der Waals surface area contributed by atoms with Crippen molar-refractivity contribution in [3.63, 3.8) is 0 Å². The monoisotopic (exact) mass is 350 g/mol. The minimum Gasteiger partial charge on any atom is -0.312 e. The van der Waals surface area contributed by atoms with Crippen LogP contribution in [0.15, 0.2) is 58.5 Å².